The number of aromatic nitrogens is 1. The average Bonchev–Trinajstić information content (AvgIpc) is 2.88. The number of nitrogens with zero attached hydrogens (tertiary/aromatic N) is 2. The lowest BCUT2D eigenvalue weighted by atomic mass is 10.2. The fourth-order valence-corrected chi connectivity index (χ4v) is 2.16. The number of alkyl halides is 3. The largest absolute Gasteiger partial charge is 0.417 e. The van der Waals surface area contributed by atoms with Gasteiger partial charge in [0.2, 0.25) is 0 Å². The number of halogens is 3. The van der Waals surface area contributed by atoms with E-state index in [4.69, 9.17) is 4.74 Å². The summed E-state index contributed by atoms with van der Waals surface area (Å²) in [5, 5.41) is 0. The van der Waals surface area contributed by atoms with Crippen LogP contribution in [0.1, 0.15) is 25.3 Å². The fraction of sp³-hybridized carbons (Fsp3) is 0.615. The van der Waals surface area contributed by atoms with E-state index in [1.54, 1.807) is 0 Å². The monoisotopic (exact) mass is 274 g/mol. The third-order valence-corrected chi connectivity index (χ3v) is 3.23. The minimum Gasteiger partial charge on any atom is -0.376 e. The van der Waals surface area contributed by atoms with Crippen LogP contribution in [-0.2, 0) is 10.9 Å². The van der Waals surface area contributed by atoms with Crippen molar-refractivity contribution in [2.75, 3.05) is 24.6 Å². The maximum atomic E-state index is 12.5. The first-order valence-electron chi connectivity index (χ1n) is 6.40. The lowest BCUT2D eigenvalue weighted by Crippen LogP contribution is -2.32. The Bertz CT molecular complexity index is 399. The highest BCUT2D eigenvalue weighted by molar-refractivity contribution is 5.39. The maximum absolute atomic E-state index is 12.5. The molecule has 106 valence electrons. The third-order valence-electron chi connectivity index (χ3n) is 3.23. The Hall–Kier alpha value is -1.30. The highest BCUT2D eigenvalue weighted by Crippen LogP contribution is 2.29. The van der Waals surface area contributed by atoms with E-state index in [1.165, 1.54) is 6.07 Å². The molecule has 0 aliphatic carbocycles. The summed E-state index contributed by atoms with van der Waals surface area (Å²) in [4.78, 5) is 5.85. The van der Waals surface area contributed by atoms with E-state index in [0.717, 1.165) is 31.7 Å². The molecule has 2 heterocycles. The lowest BCUT2D eigenvalue weighted by Gasteiger charge is -2.25. The van der Waals surface area contributed by atoms with Gasteiger partial charge in [0.1, 0.15) is 5.82 Å². The second-order valence-corrected chi connectivity index (χ2v) is 4.58. The quantitative estimate of drug-likeness (QED) is 0.843. The van der Waals surface area contributed by atoms with Gasteiger partial charge < -0.3 is 9.64 Å². The van der Waals surface area contributed by atoms with E-state index in [0.29, 0.717) is 18.9 Å². The van der Waals surface area contributed by atoms with Gasteiger partial charge in [0.25, 0.3) is 0 Å². The van der Waals surface area contributed by atoms with E-state index in [1.807, 2.05) is 11.8 Å². The highest BCUT2D eigenvalue weighted by atomic mass is 19.4. The van der Waals surface area contributed by atoms with Gasteiger partial charge in [-0.2, -0.15) is 13.2 Å². The van der Waals surface area contributed by atoms with Crippen LogP contribution in [0.2, 0.25) is 0 Å². The molecule has 1 aromatic rings. The van der Waals surface area contributed by atoms with Crippen molar-refractivity contribution in [1.29, 1.82) is 0 Å². The molecule has 0 amide bonds. The summed E-state index contributed by atoms with van der Waals surface area (Å²) < 4.78 is 42.9. The molecule has 1 fully saturated rings. The van der Waals surface area contributed by atoms with E-state index in [-0.39, 0.29) is 6.10 Å². The van der Waals surface area contributed by atoms with Gasteiger partial charge in [-0.1, -0.05) is 0 Å². The van der Waals surface area contributed by atoms with Gasteiger partial charge in [0, 0.05) is 25.9 Å². The van der Waals surface area contributed by atoms with Gasteiger partial charge in [-0.25, -0.2) is 4.98 Å². The molecule has 1 aliphatic rings. The van der Waals surface area contributed by atoms with Gasteiger partial charge in [-0.15, -0.1) is 0 Å². The highest BCUT2D eigenvalue weighted by Gasteiger charge is 2.31. The normalized spacial score (nSPS) is 19.7. The first-order chi connectivity index (χ1) is 9.00. The van der Waals surface area contributed by atoms with Crippen LogP contribution < -0.4 is 4.90 Å². The number of rotatable bonds is 4. The summed E-state index contributed by atoms with van der Waals surface area (Å²) in [6.07, 6.45) is -1.26. The van der Waals surface area contributed by atoms with Crippen molar-refractivity contribution < 1.29 is 17.9 Å². The second kappa shape index (κ2) is 5.77. The number of ether oxygens (including phenoxy) is 1. The molecule has 3 nitrogen and oxygen atoms in total. The summed E-state index contributed by atoms with van der Waals surface area (Å²) in [5.41, 5.74) is -0.718. The Labute approximate surface area is 110 Å². The van der Waals surface area contributed by atoms with Crippen LogP contribution in [0.3, 0.4) is 0 Å². The predicted octanol–water partition coefficient (Wildman–Crippen LogP) is 3.11. The zero-order chi connectivity index (χ0) is 13.9. The number of anilines is 1. The second-order valence-electron chi connectivity index (χ2n) is 4.58. The first-order valence-corrected chi connectivity index (χ1v) is 6.40. The standard InChI is InChI=1S/C13H17F3N2O/c1-2-18(9-11-4-3-7-19-11)12-6-5-10(8-17-12)13(14,15)16/h5-6,8,11H,2-4,7,9H2,1H3. The van der Waals surface area contributed by atoms with Crippen molar-refractivity contribution in [3.05, 3.63) is 23.9 Å². The number of hydrogen-bond acceptors (Lipinski definition) is 3. The Morgan fingerprint density at radius 1 is 1.42 bits per heavy atom. The molecule has 1 aliphatic heterocycles. The molecule has 1 aromatic heterocycles. The molecular weight excluding hydrogens is 257 g/mol. The van der Waals surface area contributed by atoms with E-state index >= 15 is 0 Å². The van der Waals surface area contributed by atoms with Crippen LogP contribution in [-0.4, -0.2) is 30.8 Å². The van der Waals surface area contributed by atoms with Gasteiger partial charge in [-0.3, -0.25) is 0 Å². The Balaban J connectivity index is 2.05. The van der Waals surface area contributed by atoms with Crippen molar-refractivity contribution >= 4 is 5.82 Å². The van der Waals surface area contributed by atoms with Gasteiger partial charge in [-0.05, 0) is 31.9 Å². The van der Waals surface area contributed by atoms with Crippen molar-refractivity contribution in [3.8, 4) is 0 Å². The SMILES string of the molecule is CCN(CC1CCCO1)c1ccc(C(F)(F)F)cn1. The number of hydrogen-bond donors (Lipinski definition) is 0. The van der Waals surface area contributed by atoms with Crippen LogP contribution in [0, 0.1) is 0 Å². The summed E-state index contributed by atoms with van der Waals surface area (Å²) in [6, 6.07) is 2.49. The molecule has 0 aromatic carbocycles. The smallest absolute Gasteiger partial charge is 0.376 e. The van der Waals surface area contributed by atoms with Crippen LogP contribution in [0.25, 0.3) is 0 Å². The summed E-state index contributed by atoms with van der Waals surface area (Å²) >= 11 is 0. The third kappa shape index (κ3) is 3.59. The van der Waals surface area contributed by atoms with Gasteiger partial charge >= 0.3 is 6.18 Å². The molecule has 0 saturated carbocycles. The lowest BCUT2D eigenvalue weighted by molar-refractivity contribution is -0.137. The first kappa shape index (κ1) is 14.1. The Morgan fingerprint density at radius 2 is 2.21 bits per heavy atom. The molecule has 0 N–H and O–H groups in total. The summed E-state index contributed by atoms with van der Waals surface area (Å²) in [7, 11) is 0. The predicted molar refractivity (Wildman–Crippen MR) is 66.1 cm³/mol. The number of likely N-dealkylation sites (N-methyl/N-ethyl adjacent to an activating group) is 1. The minimum atomic E-state index is -4.34. The summed E-state index contributed by atoms with van der Waals surface area (Å²) in [5.74, 6) is 0.561. The van der Waals surface area contributed by atoms with Crippen LogP contribution >= 0.6 is 0 Å². The van der Waals surface area contributed by atoms with Gasteiger partial charge in [0.05, 0.1) is 11.7 Å². The van der Waals surface area contributed by atoms with Crippen molar-refractivity contribution in [2.24, 2.45) is 0 Å². The molecule has 2 rings (SSSR count). The molecule has 1 atom stereocenters. The molecule has 0 radical (unpaired) electrons. The van der Waals surface area contributed by atoms with Crippen molar-refractivity contribution in [3.63, 3.8) is 0 Å². The fourth-order valence-electron chi connectivity index (χ4n) is 2.16. The molecule has 0 spiro atoms. The van der Waals surface area contributed by atoms with E-state index in [2.05, 4.69) is 4.98 Å². The van der Waals surface area contributed by atoms with Crippen molar-refractivity contribution in [2.45, 2.75) is 32.0 Å². The van der Waals surface area contributed by atoms with Crippen molar-refractivity contribution in [1.82, 2.24) is 4.98 Å². The molecular formula is C13H17F3N2O. The number of pyridine rings is 1. The maximum Gasteiger partial charge on any atom is 0.417 e. The Morgan fingerprint density at radius 3 is 2.68 bits per heavy atom. The minimum absolute atomic E-state index is 0.157. The topological polar surface area (TPSA) is 25.4 Å². The molecule has 1 unspecified atom stereocenters. The van der Waals surface area contributed by atoms with Gasteiger partial charge in [0.15, 0.2) is 0 Å². The van der Waals surface area contributed by atoms with E-state index in [9.17, 15) is 13.2 Å². The zero-order valence-corrected chi connectivity index (χ0v) is 10.8. The molecule has 1 saturated heterocycles. The van der Waals surface area contributed by atoms with Crippen LogP contribution in [0.15, 0.2) is 18.3 Å². The van der Waals surface area contributed by atoms with Crippen LogP contribution in [0.5, 0.6) is 0 Å². The average molecular weight is 274 g/mol. The molecule has 6 heteroatoms. The van der Waals surface area contributed by atoms with Crippen LogP contribution in [0.4, 0.5) is 19.0 Å². The molecule has 0 bridgehead atoms. The van der Waals surface area contributed by atoms with E-state index < -0.39 is 11.7 Å². The Kier molecular flexibility index (Phi) is 4.29. The summed E-state index contributed by atoms with van der Waals surface area (Å²) in [6.45, 7) is 4.09. The zero-order valence-electron chi connectivity index (χ0n) is 10.8. The molecule has 19 heavy (non-hydrogen) atoms.